The van der Waals surface area contributed by atoms with E-state index in [1.807, 2.05) is 0 Å². The first-order valence-corrected chi connectivity index (χ1v) is 35.6. The van der Waals surface area contributed by atoms with Gasteiger partial charge in [-0.3, -0.25) is 14.4 Å². The van der Waals surface area contributed by atoms with Crippen molar-refractivity contribution in [2.75, 3.05) is 13.2 Å². The molecule has 0 radical (unpaired) electrons. The van der Waals surface area contributed by atoms with E-state index in [-0.39, 0.29) is 31.1 Å². The minimum Gasteiger partial charge on any atom is -0.462 e. The van der Waals surface area contributed by atoms with Gasteiger partial charge in [-0.25, -0.2) is 0 Å². The molecule has 6 nitrogen and oxygen atoms in total. The Labute approximate surface area is 498 Å². The number of hydrogen-bond donors (Lipinski definition) is 0. The van der Waals surface area contributed by atoms with E-state index in [1.165, 1.54) is 270 Å². The van der Waals surface area contributed by atoms with Gasteiger partial charge in [0.25, 0.3) is 0 Å². The fourth-order valence-corrected chi connectivity index (χ4v) is 10.7. The summed E-state index contributed by atoms with van der Waals surface area (Å²) in [7, 11) is 0. The smallest absolute Gasteiger partial charge is 0.306 e. The van der Waals surface area contributed by atoms with E-state index < -0.39 is 6.10 Å². The molecule has 0 aromatic carbocycles. The summed E-state index contributed by atoms with van der Waals surface area (Å²) in [4.78, 5) is 38.5. The van der Waals surface area contributed by atoms with Gasteiger partial charge in [-0.05, 0) is 83.5 Å². The van der Waals surface area contributed by atoms with Crippen LogP contribution in [0.15, 0.2) is 48.6 Å². The van der Waals surface area contributed by atoms with E-state index in [4.69, 9.17) is 14.2 Å². The molecule has 80 heavy (non-hydrogen) atoms. The van der Waals surface area contributed by atoms with E-state index in [2.05, 4.69) is 69.4 Å². The van der Waals surface area contributed by atoms with Crippen molar-refractivity contribution in [1.82, 2.24) is 0 Å². The Morgan fingerprint density at radius 3 is 0.738 bits per heavy atom. The average Bonchev–Trinajstić information content (AvgIpc) is 3.46. The predicted molar refractivity (Wildman–Crippen MR) is 349 cm³/mol. The van der Waals surface area contributed by atoms with E-state index >= 15 is 0 Å². The minimum atomic E-state index is -0.782. The number of unbranched alkanes of at least 4 members (excludes halogenated alkanes) is 47. The van der Waals surface area contributed by atoms with Gasteiger partial charge in [0, 0.05) is 19.3 Å². The van der Waals surface area contributed by atoms with Crippen molar-refractivity contribution in [2.24, 2.45) is 0 Å². The second-order valence-corrected chi connectivity index (χ2v) is 24.1. The molecule has 0 N–H and O–H groups in total. The Balaban J connectivity index is 4.31. The summed E-state index contributed by atoms with van der Waals surface area (Å²) in [5, 5.41) is 0. The van der Waals surface area contributed by atoms with Crippen molar-refractivity contribution in [2.45, 2.75) is 393 Å². The highest BCUT2D eigenvalue weighted by Crippen LogP contribution is 2.18. The van der Waals surface area contributed by atoms with Crippen LogP contribution >= 0.6 is 0 Å². The number of rotatable bonds is 66. The summed E-state index contributed by atoms with van der Waals surface area (Å²) < 4.78 is 17.0. The lowest BCUT2D eigenvalue weighted by Crippen LogP contribution is -2.30. The van der Waals surface area contributed by atoms with Gasteiger partial charge in [-0.15, -0.1) is 0 Å². The molecule has 0 aliphatic carbocycles. The average molecular weight is 1120 g/mol. The molecule has 6 heteroatoms. The number of allylic oxidation sites excluding steroid dienone is 8. The standard InChI is InChI=1S/C74H136O6/c1-4-7-10-13-16-19-22-25-28-31-34-35-36-37-38-39-41-43-46-49-52-55-58-61-64-67-73(76)79-70-71(69-78-72(75)66-63-60-57-54-51-48-45-42-33-30-27-24-21-18-15-12-9-6-3)80-74(77)68-65-62-59-56-53-50-47-44-40-32-29-26-23-20-17-14-11-8-5-2/h17,20,26,29-30,33,40,44,71H,4-16,18-19,21-25,27-28,31-32,34-39,41-43,45-70H2,1-3H3/b20-17-,29-26-,33-30-,44-40-. The second kappa shape index (κ2) is 68.9. The van der Waals surface area contributed by atoms with Gasteiger partial charge < -0.3 is 14.2 Å². The van der Waals surface area contributed by atoms with E-state index in [0.29, 0.717) is 19.3 Å². The highest BCUT2D eigenvalue weighted by molar-refractivity contribution is 5.71. The molecule has 0 spiro atoms. The fraction of sp³-hybridized carbons (Fsp3) is 0.851. The first-order valence-electron chi connectivity index (χ1n) is 35.6. The Bertz CT molecular complexity index is 1380. The Morgan fingerprint density at radius 1 is 0.250 bits per heavy atom. The first-order chi connectivity index (χ1) is 39.5. The molecular formula is C74H136O6. The van der Waals surface area contributed by atoms with Gasteiger partial charge >= 0.3 is 17.9 Å². The quantitative estimate of drug-likeness (QED) is 0.0261. The molecule has 0 aliphatic heterocycles. The maximum Gasteiger partial charge on any atom is 0.306 e. The van der Waals surface area contributed by atoms with Crippen LogP contribution in [0.1, 0.15) is 387 Å². The molecule has 0 aromatic rings. The van der Waals surface area contributed by atoms with Crippen molar-refractivity contribution < 1.29 is 28.6 Å². The van der Waals surface area contributed by atoms with Crippen molar-refractivity contribution in [1.29, 1.82) is 0 Å². The van der Waals surface area contributed by atoms with Gasteiger partial charge in [0.2, 0.25) is 0 Å². The van der Waals surface area contributed by atoms with Gasteiger partial charge in [0.1, 0.15) is 13.2 Å². The zero-order chi connectivity index (χ0) is 57.8. The first kappa shape index (κ1) is 77.4. The summed E-state index contributed by atoms with van der Waals surface area (Å²) in [6.07, 6.45) is 87.1. The van der Waals surface area contributed by atoms with Gasteiger partial charge in [0.15, 0.2) is 6.10 Å². The largest absolute Gasteiger partial charge is 0.462 e. The maximum absolute atomic E-state index is 13.0. The topological polar surface area (TPSA) is 78.9 Å². The Morgan fingerprint density at radius 2 is 0.450 bits per heavy atom. The third-order valence-electron chi connectivity index (χ3n) is 16.1. The molecule has 0 aromatic heterocycles. The predicted octanol–water partition coefficient (Wildman–Crippen LogP) is 24.5. The molecule has 0 saturated carbocycles. The molecule has 468 valence electrons. The number of ether oxygens (including phenoxy) is 3. The van der Waals surface area contributed by atoms with Crippen LogP contribution in [0.3, 0.4) is 0 Å². The lowest BCUT2D eigenvalue weighted by atomic mass is 10.0. The monoisotopic (exact) mass is 1120 g/mol. The third kappa shape index (κ3) is 66.2. The number of carbonyl (C=O) groups excluding carboxylic acids is 3. The van der Waals surface area contributed by atoms with Crippen LogP contribution in [0.5, 0.6) is 0 Å². The summed E-state index contributed by atoms with van der Waals surface area (Å²) in [6.45, 7) is 6.67. The molecule has 1 atom stereocenters. The molecule has 0 fully saturated rings. The van der Waals surface area contributed by atoms with Crippen molar-refractivity contribution in [3.8, 4) is 0 Å². The molecule has 0 bridgehead atoms. The van der Waals surface area contributed by atoms with E-state index in [9.17, 15) is 14.4 Å². The van der Waals surface area contributed by atoms with Crippen LogP contribution < -0.4 is 0 Å². The van der Waals surface area contributed by atoms with Crippen LogP contribution in [0.2, 0.25) is 0 Å². The van der Waals surface area contributed by atoms with Gasteiger partial charge in [-0.2, -0.15) is 0 Å². The lowest BCUT2D eigenvalue weighted by molar-refractivity contribution is -0.167. The highest BCUT2D eigenvalue weighted by Gasteiger charge is 2.19. The summed E-state index contributed by atoms with van der Waals surface area (Å²) in [5.41, 5.74) is 0. The minimum absolute atomic E-state index is 0.0758. The fourth-order valence-electron chi connectivity index (χ4n) is 10.7. The molecular weight excluding hydrogens is 985 g/mol. The number of hydrogen-bond acceptors (Lipinski definition) is 6. The van der Waals surface area contributed by atoms with E-state index in [1.54, 1.807) is 0 Å². The molecule has 0 saturated heterocycles. The number of esters is 3. The van der Waals surface area contributed by atoms with Gasteiger partial charge in [0.05, 0.1) is 0 Å². The zero-order valence-corrected chi connectivity index (χ0v) is 53.9. The lowest BCUT2D eigenvalue weighted by Gasteiger charge is -2.18. The van der Waals surface area contributed by atoms with Crippen LogP contribution in [0.4, 0.5) is 0 Å². The van der Waals surface area contributed by atoms with Crippen LogP contribution in [-0.2, 0) is 28.6 Å². The molecule has 0 amide bonds. The zero-order valence-electron chi connectivity index (χ0n) is 53.9. The summed E-state index contributed by atoms with van der Waals surface area (Å²) in [5.74, 6) is -0.866. The van der Waals surface area contributed by atoms with Crippen molar-refractivity contribution >= 4 is 17.9 Å². The highest BCUT2D eigenvalue weighted by atomic mass is 16.6. The number of carbonyl (C=O) groups is 3. The Hall–Kier alpha value is -2.63. The summed E-state index contributed by atoms with van der Waals surface area (Å²) in [6, 6.07) is 0. The summed E-state index contributed by atoms with van der Waals surface area (Å²) >= 11 is 0. The van der Waals surface area contributed by atoms with Crippen molar-refractivity contribution in [3.05, 3.63) is 48.6 Å². The second-order valence-electron chi connectivity index (χ2n) is 24.1. The molecule has 0 aliphatic rings. The molecule has 0 heterocycles. The van der Waals surface area contributed by atoms with Crippen LogP contribution in [0, 0.1) is 0 Å². The molecule has 1 unspecified atom stereocenters. The van der Waals surface area contributed by atoms with Crippen molar-refractivity contribution in [3.63, 3.8) is 0 Å². The third-order valence-corrected chi connectivity index (χ3v) is 16.1. The normalized spacial score (nSPS) is 12.3. The Kier molecular flexibility index (Phi) is 66.6. The van der Waals surface area contributed by atoms with E-state index in [0.717, 1.165) is 77.0 Å². The van der Waals surface area contributed by atoms with Crippen LogP contribution in [0.25, 0.3) is 0 Å². The maximum atomic E-state index is 13.0. The SMILES string of the molecule is CCCCC/C=C\C/C=C\C/C=C\CCCCCCCCC(=O)OC(COC(=O)CCCCCCCCC/C=C\CCCCCCCCC)COC(=O)CCCCCCCCCCCCCCCCCCCCCCCCCCC. The molecule has 0 rings (SSSR count). The van der Waals surface area contributed by atoms with Gasteiger partial charge in [-0.1, -0.05) is 333 Å². The van der Waals surface area contributed by atoms with Crippen LogP contribution in [-0.4, -0.2) is 37.2 Å².